The molecule has 2 aliphatic rings. The molecule has 0 aliphatic carbocycles. The van der Waals surface area contributed by atoms with E-state index in [9.17, 15) is 0 Å². The quantitative estimate of drug-likeness (QED) is 0.670. The summed E-state index contributed by atoms with van der Waals surface area (Å²) in [6, 6.07) is 4.33. The van der Waals surface area contributed by atoms with Crippen molar-refractivity contribution in [1.29, 1.82) is 0 Å². The Morgan fingerprint density at radius 2 is 2.17 bits per heavy atom. The third kappa shape index (κ3) is 4.35. The Morgan fingerprint density at radius 1 is 1.33 bits per heavy atom. The normalized spacial score (nSPS) is 22.1. The number of rotatable bonds is 4. The van der Waals surface area contributed by atoms with E-state index in [1.807, 2.05) is 13.2 Å². The third-order valence-electron chi connectivity index (χ3n) is 4.80. The summed E-state index contributed by atoms with van der Waals surface area (Å²) in [5.74, 6) is 3.31. The lowest BCUT2D eigenvalue weighted by Crippen LogP contribution is -2.47. The molecule has 3 heterocycles. The van der Waals surface area contributed by atoms with Gasteiger partial charge in [-0.2, -0.15) is 11.8 Å². The summed E-state index contributed by atoms with van der Waals surface area (Å²) in [4.78, 5) is 13.9. The number of aromatic nitrogens is 1. The average Bonchev–Trinajstić information content (AvgIpc) is 3.18. The zero-order valence-electron chi connectivity index (χ0n) is 14.9. The van der Waals surface area contributed by atoms with Crippen LogP contribution >= 0.6 is 11.8 Å². The Labute approximate surface area is 149 Å². The van der Waals surface area contributed by atoms with Gasteiger partial charge in [0.2, 0.25) is 0 Å². The number of hydrogen-bond acceptors (Lipinski definition) is 4. The number of nitrogens with zero attached hydrogens (tertiary/aromatic N) is 4. The van der Waals surface area contributed by atoms with Crippen LogP contribution in [0.25, 0.3) is 0 Å². The van der Waals surface area contributed by atoms with E-state index in [4.69, 9.17) is 0 Å². The Kier molecular flexibility index (Phi) is 6.24. The summed E-state index contributed by atoms with van der Waals surface area (Å²) < 4.78 is 0. The van der Waals surface area contributed by atoms with E-state index in [2.05, 4.69) is 55.9 Å². The van der Waals surface area contributed by atoms with Crippen molar-refractivity contribution in [2.24, 2.45) is 4.99 Å². The molecule has 5 nitrogen and oxygen atoms in total. The van der Waals surface area contributed by atoms with Crippen molar-refractivity contribution < 1.29 is 0 Å². The SMILES string of the molecule is CCC1CN(C(=NC)NCc2ccc(N3CCCC3)nc2)CCS1. The molecule has 2 saturated heterocycles. The van der Waals surface area contributed by atoms with Crippen LogP contribution in [0.2, 0.25) is 0 Å². The van der Waals surface area contributed by atoms with Crippen molar-refractivity contribution in [3.63, 3.8) is 0 Å². The molecule has 0 amide bonds. The number of pyridine rings is 1. The van der Waals surface area contributed by atoms with E-state index in [0.717, 1.165) is 49.8 Å². The predicted octanol–water partition coefficient (Wildman–Crippen LogP) is 2.58. The van der Waals surface area contributed by atoms with Gasteiger partial charge in [-0.1, -0.05) is 13.0 Å². The summed E-state index contributed by atoms with van der Waals surface area (Å²) in [5, 5.41) is 4.22. The summed E-state index contributed by atoms with van der Waals surface area (Å²) in [5.41, 5.74) is 1.21. The lowest BCUT2D eigenvalue weighted by molar-refractivity contribution is 0.408. The molecule has 24 heavy (non-hydrogen) atoms. The van der Waals surface area contributed by atoms with E-state index in [1.54, 1.807) is 0 Å². The summed E-state index contributed by atoms with van der Waals surface area (Å²) in [6.45, 7) is 7.50. The summed E-state index contributed by atoms with van der Waals surface area (Å²) in [7, 11) is 1.87. The van der Waals surface area contributed by atoms with E-state index in [0.29, 0.717) is 0 Å². The van der Waals surface area contributed by atoms with Gasteiger partial charge in [-0.3, -0.25) is 4.99 Å². The summed E-state index contributed by atoms with van der Waals surface area (Å²) in [6.07, 6.45) is 5.79. The maximum atomic E-state index is 4.63. The Morgan fingerprint density at radius 3 is 2.83 bits per heavy atom. The van der Waals surface area contributed by atoms with Gasteiger partial charge >= 0.3 is 0 Å². The number of thioether (sulfide) groups is 1. The van der Waals surface area contributed by atoms with Crippen molar-refractivity contribution in [2.45, 2.75) is 38.0 Å². The molecular formula is C18H29N5S. The van der Waals surface area contributed by atoms with E-state index in [1.165, 1.54) is 30.6 Å². The number of guanidine groups is 1. The molecule has 132 valence electrons. The monoisotopic (exact) mass is 347 g/mol. The van der Waals surface area contributed by atoms with Crippen molar-refractivity contribution in [2.75, 3.05) is 43.9 Å². The van der Waals surface area contributed by atoms with Gasteiger partial charge in [0.25, 0.3) is 0 Å². The van der Waals surface area contributed by atoms with E-state index in [-0.39, 0.29) is 0 Å². The van der Waals surface area contributed by atoms with Crippen LogP contribution in [0.1, 0.15) is 31.7 Å². The van der Waals surface area contributed by atoms with Crippen LogP contribution in [0.3, 0.4) is 0 Å². The topological polar surface area (TPSA) is 43.8 Å². The van der Waals surface area contributed by atoms with Gasteiger partial charge in [-0.25, -0.2) is 4.98 Å². The molecule has 2 fully saturated rings. The molecule has 1 aromatic rings. The second-order valence-corrected chi connectivity index (χ2v) is 7.87. The highest BCUT2D eigenvalue weighted by molar-refractivity contribution is 8.00. The van der Waals surface area contributed by atoms with Crippen molar-refractivity contribution in [1.82, 2.24) is 15.2 Å². The fraction of sp³-hybridized carbons (Fsp3) is 0.667. The zero-order valence-corrected chi connectivity index (χ0v) is 15.7. The smallest absolute Gasteiger partial charge is 0.193 e. The number of nitrogens with one attached hydrogen (secondary N) is 1. The molecular weight excluding hydrogens is 318 g/mol. The van der Waals surface area contributed by atoms with Gasteiger partial charge in [-0.15, -0.1) is 0 Å². The lowest BCUT2D eigenvalue weighted by Gasteiger charge is -2.34. The number of aliphatic imine (C=N–C) groups is 1. The highest BCUT2D eigenvalue weighted by atomic mass is 32.2. The first-order valence-electron chi connectivity index (χ1n) is 9.07. The molecule has 2 aliphatic heterocycles. The van der Waals surface area contributed by atoms with Gasteiger partial charge in [-0.05, 0) is 30.9 Å². The van der Waals surface area contributed by atoms with Crippen LogP contribution < -0.4 is 10.2 Å². The van der Waals surface area contributed by atoms with Gasteiger partial charge in [0.15, 0.2) is 5.96 Å². The third-order valence-corrected chi connectivity index (χ3v) is 6.17. The van der Waals surface area contributed by atoms with Gasteiger partial charge in [0.05, 0.1) is 0 Å². The standard InChI is InChI=1S/C18H29N5S/c1-3-16-14-23(10-11-24-16)18(19-2)21-13-15-6-7-17(20-12-15)22-8-4-5-9-22/h6-7,12,16H,3-5,8-11,13-14H2,1-2H3,(H,19,21). The van der Waals surface area contributed by atoms with Crippen molar-refractivity contribution >= 4 is 23.5 Å². The number of anilines is 1. The van der Waals surface area contributed by atoms with E-state index >= 15 is 0 Å². The second-order valence-electron chi connectivity index (χ2n) is 6.47. The van der Waals surface area contributed by atoms with Crippen LogP contribution in [0, 0.1) is 0 Å². The maximum absolute atomic E-state index is 4.63. The summed E-state index contributed by atoms with van der Waals surface area (Å²) >= 11 is 2.08. The van der Waals surface area contributed by atoms with Crippen LogP contribution in [-0.4, -0.2) is 60.1 Å². The molecule has 1 atom stereocenters. The fourth-order valence-corrected chi connectivity index (χ4v) is 4.51. The molecule has 1 N–H and O–H groups in total. The molecule has 6 heteroatoms. The van der Waals surface area contributed by atoms with Crippen LogP contribution in [0.4, 0.5) is 5.82 Å². The van der Waals surface area contributed by atoms with Crippen LogP contribution in [0.5, 0.6) is 0 Å². The Balaban J connectivity index is 1.53. The minimum absolute atomic E-state index is 0.721. The van der Waals surface area contributed by atoms with Gasteiger partial charge < -0.3 is 15.1 Å². The average molecular weight is 348 g/mol. The molecule has 0 aromatic carbocycles. The first kappa shape index (κ1) is 17.4. The maximum Gasteiger partial charge on any atom is 0.193 e. The Hall–Kier alpha value is -1.43. The molecule has 3 rings (SSSR count). The minimum Gasteiger partial charge on any atom is -0.357 e. The number of hydrogen-bond donors (Lipinski definition) is 1. The predicted molar refractivity (Wildman–Crippen MR) is 104 cm³/mol. The molecule has 1 unspecified atom stereocenters. The largest absolute Gasteiger partial charge is 0.357 e. The van der Waals surface area contributed by atoms with Crippen LogP contribution in [0.15, 0.2) is 23.3 Å². The van der Waals surface area contributed by atoms with Gasteiger partial charge in [0.1, 0.15) is 5.82 Å². The fourth-order valence-electron chi connectivity index (χ4n) is 3.33. The molecule has 1 aromatic heterocycles. The minimum atomic E-state index is 0.721. The molecule has 0 bridgehead atoms. The van der Waals surface area contributed by atoms with Crippen molar-refractivity contribution in [3.8, 4) is 0 Å². The first-order valence-corrected chi connectivity index (χ1v) is 10.1. The van der Waals surface area contributed by atoms with Crippen LogP contribution in [-0.2, 0) is 6.54 Å². The first-order chi connectivity index (χ1) is 11.8. The second kappa shape index (κ2) is 8.60. The zero-order chi connectivity index (χ0) is 16.8. The highest BCUT2D eigenvalue weighted by Gasteiger charge is 2.21. The molecule has 0 radical (unpaired) electrons. The molecule has 0 saturated carbocycles. The highest BCUT2D eigenvalue weighted by Crippen LogP contribution is 2.21. The molecule has 0 spiro atoms. The van der Waals surface area contributed by atoms with Gasteiger partial charge in [0, 0.05) is 57.0 Å². The lowest BCUT2D eigenvalue weighted by atomic mass is 10.2. The van der Waals surface area contributed by atoms with Crippen molar-refractivity contribution in [3.05, 3.63) is 23.9 Å². The Bertz CT molecular complexity index is 539. The van der Waals surface area contributed by atoms with E-state index < -0.39 is 0 Å².